The largest absolute Gasteiger partial charge is 0.493 e. The number of aryl methyl sites for hydroxylation is 2. The van der Waals surface area contributed by atoms with Crippen LogP contribution in [0.5, 0.6) is 11.5 Å². The van der Waals surface area contributed by atoms with Gasteiger partial charge in [-0.2, -0.15) is 0 Å². The average Bonchev–Trinajstić information content (AvgIpc) is 3.19. The number of hydrogen-bond acceptors (Lipinski definition) is 6. The first-order chi connectivity index (χ1) is 15.4. The fourth-order valence-electron chi connectivity index (χ4n) is 3.73. The molecule has 3 aromatic rings. The highest BCUT2D eigenvalue weighted by molar-refractivity contribution is 7.14. The van der Waals surface area contributed by atoms with Crippen LogP contribution in [0.3, 0.4) is 0 Å². The summed E-state index contributed by atoms with van der Waals surface area (Å²) >= 11 is 1.35. The zero-order valence-electron chi connectivity index (χ0n) is 18.2. The van der Waals surface area contributed by atoms with Gasteiger partial charge in [-0.3, -0.25) is 14.9 Å². The van der Waals surface area contributed by atoms with Crippen LogP contribution in [0.15, 0.2) is 41.8 Å². The van der Waals surface area contributed by atoms with E-state index in [1.165, 1.54) is 18.3 Å². The molecule has 2 aromatic carbocycles. The van der Waals surface area contributed by atoms with Crippen molar-refractivity contribution in [2.24, 2.45) is 0 Å². The van der Waals surface area contributed by atoms with Crippen LogP contribution < -0.4 is 20.1 Å². The summed E-state index contributed by atoms with van der Waals surface area (Å²) in [6, 6.07) is 11.6. The minimum Gasteiger partial charge on any atom is -0.493 e. The van der Waals surface area contributed by atoms with E-state index >= 15 is 0 Å². The molecule has 1 aliphatic rings. The van der Waals surface area contributed by atoms with Crippen LogP contribution in [0.4, 0.5) is 5.13 Å². The smallest absolute Gasteiger partial charge is 0.264 e. The highest BCUT2D eigenvalue weighted by Crippen LogP contribution is 2.36. The van der Waals surface area contributed by atoms with Crippen molar-refractivity contribution in [3.8, 4) is 22.8 Å². The van der Waals surface area contributed by atoms with Crippen LogP contribution in [0.25, 0.3) is 11.3 Å². The van der Waals surface area contributed by atoms with Gasteiger partial charge >= 0.3 is 0 Å². The summed E-state index contributed by atoms with van der Waals surface area (Å²) < 4.78 is 11.3. The van der Waals surface area contributed by atoms with E-state index in [2.05, 4.69) is 21.7 Å². The minimum absolute atomic E-state index is 0.0741. The standard InChI is InChI=1S/C24H25N3O4S/c1-14-8-15(2)10-18(9-14)31-12-23(29)27-24-26-21(13-32-24)17-4-5-22-19(11-17)20(6-7-30-22)25-16(3)28/h4-5,8-11,13,20H,6-7,12H2,1-3H3,(H,25,28)(H,26,27,29). The maximum absolute atomic E-state index is 12.3. The molecule has 0 spiro atoms. The molecule has 7 nitrogen and oxygen atoms in total. The monoisotopic (exact) mass is 451 g/mol. The van der Waals surface area contributed by atoms with Gasteiger partial charge in [-0.15, -0.1) is 11.3 Å². The van der Waals surface area contributed by atoms with Gasteiger partial charge in [-0.05, 0) is 55.3 Å². The first kappa shape index (κ1) is 21.8. The molecule has 2 N–H and O–H groups in total. The second-order valence-corrected chi connectivity index (χ2v) is 8.70. The summed E-state index contributed by atoms with van der Waals surface area (Å²) in [7, 11) is 0. The van der Waals surface area contributed by atoms with Crippen LogP contribution in [0.1, 0.15) is 36.1 Å². The van der Waals surface area contributed by atoms with Crippen molar-refractivity contribution in [1.82, 2.24) is 10.3 Å². The Morgan fingerprint density at radius 2 is 1.97 bits per heavy atom. The van der Waals surface area contributed by atoms with Crippen LogP contribution >= 0.6 is 11.3 Å². The van der Waals surface area contributed by atoms with E-state index in [0.29, 0.717) is 17.5 Å². The zero-order valence-corrected chi connectivity index (χ0v) is 19.0. The molecule has 0 saturated heterocycles. The fraction of sp³-hybridized carbons (Fsp3) is 0.292. The SMILES string of the molecule is CC(=O)NC1CCOc2ccc(-c3csc(NC(=O)COc4cc(C)cc(C)c4)n3)cc21. The van der Waals surface area contributed by atoms with Crippen LogP contribution in [-0.4, -0.2) is 30.0 Å². The first-order valence-electron chi connectivity index (χ1n) is 10.4. The third-order valence-electron chi connectivity index (χ3n) is 5.04. The Morgan fingerprint density at radius 3 is 2.72 bits per heavy atom. The van der Waals surface area contributed by atoms with E-state index in [-0.39, 0.29) is 24.5 Å². The van der Waals surface area contributed by atoms with Gasteiger partial charge in [0.1, 0.15) is 11.5 Å². The second kappa shape index (κ2) is 9.40. The number of benzene rings is 2. The van der Waals surface area contributed by atoms with Crippen molar-refractivity contribution in [1.29, 1.82) is 0 Å². The molecule has 32 heavy (non-hydrogen) atoms. The molecule has 0 aliphatic carbocycles. The number of carbonyl (C=O) groups is 2. The molecule has 0 bridgehead atoms. The third-order valence-corrected chi connectivity index (χ3v) is 5.80. The normalized spacial score (nSPS) is 14.8. The lowest BCUT2D eigenvalue weighted by Gasteiger charge is -2.26. The molecule has 1 aliphatic heterocycles. The maximum atomic E-state index is 12.3. The summed E-state index contributed by atoms with van der Waals surface area (Å²) in [6.45, 7) is 5.96. The lowest BCUT2D eigenvalue weighted by molar-refractivity contribution is -0.120. The molecule has 1 aromatic heterocycles. The molecule has 4 rings (SSSR count). The Kier molecular flexibility index (Phi) is 6.41. The number of carbonyl (C=O) groups excluding carboxylic acids is 2. The van der Waals surface area contributed by atoms with E-state index in [1.54, 1.807) is 0 Å². The zero-order chi connectivity index (χ0) is 22.7. The minimum atomic E-state index is -0.269. The molecule has 0 radical (unpaired) electrons. The Bertz CT molecular complexity index is 1140. The van der Waals surface area contributed by atoms with Crippen molar-refractivity contribution >= 4 is 28.3 Å². The Labute approximate surface area is 190 Å². The average molecular weight is 452 g/mol. The highest BCUT2D eigenvalue weighted by atomic mass is 32.1. The molecule has 1 atom stereocenters. The van der Waals surface area contributed by atoms with E-state index in [1.807, 2.05) is 49.6 Å². The quantitative estimate of drug-likeness (QED) is 0.580. The number of ether oxygens (including phenoxy) is 2. The number of thiazole rings is 1. The topological polar surface area (TPSA) is 89.6 Å². The van der Waals surface area contributed by atoms with E-state index < -0.39 is 0 Å². The van der Waals surface area contributed by atoms with Gasteiger partial charge in [-0.25, -0.2) is 4.98 Å². The fourth-order valence-corrected chi connectivity index (χ4v) is 4.47. The van der Waals surface area contributed by atoms with Crippen LogP contribution in [-0.2, 0) is 9.59 Å². The van der Waals surface area contributed by atoms with Gasteiger partial charge in [0, 0.05) is 29.9 Å². The van der Waals surface area contributed by atoms with Gasteiger partial charge < -0.3 is 14.8 Å². The summed E-state index contributed by atoms with van der Waals surface area (Å²) in [6.07, 6.45) is 0.717. The lowest BCUT2D eigenvalue weighted by atomic mass is 9.97. The summed E-state index contributed by atoms with van der Waals surface area (Å²) in [5, 5.41) is 8.15. The van der Waals surface area contributed by atoms with Crippen LogP contribution in [0.2, 0.25) is 0 Å². The van der Waals surface area contributed by atoms with E-state index in [9.17, 15) is 9.59 Å². The molecule has 1 unspecified atom stereocenters. The van der Waals surface area contributed by atoms with Gasteiger partial charge in [0.2, 0.25) is 5.91 Å². The van der Waals surface area contributed by atoms with Crippen molar-refractivity contribution in [3.63, 3.8) is 0 Å². The number of anilines is 1. The van der Waals surface area contributed by atoms with E-state index in [0.717, 1.165) is 40.1 Å². The highest BCUT2D eigenvalue weighted by Gasteiger charge is 2.23. The molecule has 2 amide bonds. The predicted octanol–water partition coefficient (Wildman–Crippen LogP) is 4.40. The van der Waals surface area contributed by atoms with Crippen molar-refractivity contribution in [2.45, 2.75) is 33.2 Å². The van der Waals surface area contributed by atoms with Crippen molar-refractivity contribution in [3.05, 3.63) is 58.5 Å². The molecular weight excluding hydrogens is 426 g/mol. The number of hydrogen-bond donors (Lipinski definition) is 2. The van der Waals surface area contributed by atoms with Gasteiger partial charge in [0.25, 0.3) is 5.91 Å². The number of nitrogens with zero attached hydrogens (tertiary/aromatic N) is 1. The Morgan fingerprint density at radius 1 is 1.19 bits per heavy atom. The predicted molar refractivity (Wildman–Crippen MR) is 124 cm³/mol. The number of nitrogens with one attached hydrogen (secondary N) is 2. The summed E-state index contributed by atoms with van der Waals surface area (Å²) in [4.78, 5) is 28.4. The third kappa shape index (κ3) is 5.26. The summed E-state index contributed by atoms with van der Waals surface area (Å²) in [5.74, 6) is 1.10. The van der Waals surface area contributed by atoms with E-state index in [4.69, 9.17) is 9.47 Å². The molecule has 166 valence electrons. The Hall–Kier alpha value is -3.39. The number of amides is 2. The van der Waals surface area contributed by atoms with Gasteiger partial charge in [0.05, 0.1) is 18.3 Å². The van der Waals surface area contributed by atoms with Gasteiger partial charge in [-0.1, -0.05) is 6.07 Å². The molecule has 8 heteroatoms. The van der Waals surface area contributed by atoms with Gasteiger partial charge in [0.15, 0.2) is 11.7 Å². The number of fused-ring (bicyclic) bond motifs is 1. The lowest BCUT2D eigenvalue weighted by Crippen LogP contribution is -2.30. The summed E-state index contributed by atoms with van der Waals surface area (Å²) in [5.41, 5.74) is 4.75. The second-order valence-electron chi connectivity index (χ2n) is 7.84. The Balaban J connectivity index is 1.42. The molecular formula is C24H25N3O4S. The van der Waals surface area contributed by atoms with Crippen molar-refractivity contribution in [2.75, 3.05) is 18.5 Å². The molecule has 2 heterocycles. The number of aromatic nitrogens is 1. The van der Waals surface area contributed by atoms with Crippen LogP contribution in [0, 0.1) is 13.8 Å². The first-order valence-corrected chi connectivity index (χ1v) is 11.3. The van der Waals surface area contributed by atoms with Crippen molar-refractivity contribution < 1.29 is 19.1 Å². The number of rotatable bonds is 6. The maximum Gasteiger partial charge on any atom is 0.264 e. The molecule has 0 fully saturated rings. The molecule has 0 saturated carbocycles.